The van der Waals surface area contributed by atoms with Crippen LogP contribution in [0.15, 0.2) is 0 Å². The van der Waals surface area contributed by atoms with Crippen molar-refractivity contribution in [2.45, 2.75) is 38.2 Å². The SMILES string of the molecule is CCC(COCCC(O)N1CCOCC1)(COCC(O)CN1CCOCC1)COCC(O)CN1CCOCC1. The Balaban J connectivity index is 1.43. The third-order valence-corrected chi connectivity index (χ3v) is 7.73. The summed E-state index contributed by atoms with van der Waals surface area (Å²) in [5.41, 5.74) is -0.429. The van der Waals surface area contributed by atoms with Crippen LogP contribution in [-0.2, 0) is 28.4 Å². The molecule has 39 heavy (non-hydrogen) atoms. The zero-order valence-corrected chi connectivity index (χ0v) is 23.9. The number of hydrogen-bond donors (Lipinski definition) is 3. The van der Waals surface area contributed by atoms with Crippen molar-refractivity contribution in [2.24, 2.45) is 5.41 Å². The average Bonchev–Trinajstić information content (AvgIpc) is 2.96. The molecule has 0 aliphatic carbocycles. The molecule has 12 heteroatoms. The Morgan fingerprint density at radius 3 is 1.56 bits per heavy atom. The summed E-state index contributed by atoms with van der Waals surface area (Å²) in [7, 11) is 0. The van der Waals surface area contributed by atoms with Gasteiger partial charge < -0.3 is 43.7 Å². The van der Waals surface area contributed by atoms with Gasteiger partial charge in [0.05, 0.1) is 91.5 Å². The fourth-order valence-electron chi connectivity index (χ4n) is 5.06. The monoisotopic (exact) mass is 563 g/mol. The van der Waals surface area contributed by atoms with Crippen molar-refractivity contribution < 1.29 is 43.7 Å². The first-order valence-electron chi connectivity index (χ1n) is 14.7. The van der Waals surface area contributed by atoms with E-state index in [-0.39, 0.29) is 13.2 Å². The summed E-state index contributed by atoms with van der Waals surface area (Å²) in [6.07, 6.45) is -0.462. The van der Waals surface area contributed by atoms with Gasteiger partial charge in [0.1, 0.15) is 6.23 Å². The molecule has 3 aliphatic rings. The molecule has 3 aliphatic heterocycles. The molecular formula is C27H53N3O9. The number of hydrogen-bond acceptors (Lipinski definition) is 12. The molecule has 3 atom stereocenters. The summed E-state index contributed by atoms with van der Waals surface area (Å²) in [4.78, 5) is 6.39. The van der Waals surface area contributed by atoms with Crippen LogP contribution in [0.2, 0.25) is 0 Å². The van der Waals surface area contributed by atoms with E-state index in [0.717, 1.165) is 45.7 Å². The van der Waals surface area contributed by atoms with Gasteiger partial charge in [-0.05, 0) is 6.42 Å². The molecule has 0 amide bonds. The van der Waals surface area contributed by atoms with E-state index >= 15 is 0 Å². The van der Waals surface area contributed by atoms with Gasteiger partial charge in [0.15, 0.2) is 0 Å². The van der Waals surface area contributed by atoms with Gasteiger partial charge in [-0.3, -0.25) is 14.7 Å². The van der Waals surface area contributed by atoms with E-state index in [2.05, 4.69) is 16.7 Å². The third kappa shape index (κ3) is 12.9. The average molecular weight is 564 g/mol. The maximum atomic E-state index is 10.5. The van der Waals surface area contributed by atoms with Gasteiger partial charge in [0, 0.05) is 64.2 Å². The fraction of sp³-hybridized carbons (Fsp3) is 1.00. The lowest BCUT2D eigenvalue weighted by Gasteiger charge is -2.34. The molecule has 0 spiro atoms. The van der Waals surface area contributed by atoms with Crippen molar-refractivity contribution in [3.05, 3.63) is 0 Å². The van der Waals surface area contributed by atoms with Crippen LogP contribution in [-0.4, -0.2) is 180 Å². The first-order valence-corrected chi connectivity index (χ1v) is 14.7. The summed E-state index contributed by atoms with van der Waals surface area (Å²) in [6, 6.07) is 0. The molecule has 0 saturated carbocycles. The Morgan fingerprint density at radius 1 is 0.667 bits per heavy atom. The van der Waals surface area contributed by atoms with Gasteiger partial charge in [-0.15, -0.1) is 0 Å². The molecule has 0 radical (unpaired) electrons. The maximum absolute atomic E-state index is 10.5. The van der Waals surface area contributed by atoms with Crippen molar-refractivity contribution in [3.63, 3.8) is 0 Å². The molecule has 3 N–H and O–H groups in total. The smallest absolute Gasteiger partial charge is 0.109 e. The minimum absolute atomic E-state index is 0.231. The zero-order chi connectivity index (χ0) is 27.8. The number of morpholine rings is 3. The van der Waals surface area contributed by atoms with E-state index in [0.29, 0.717) is 85.6 Å². The lowest BCUT2D eigenvalue weighted by Crippen LogP contribution is -2.44. The quantitative estimate of drug-likeness (QED) is 0.165. The predicted octanol–water partition coefficient (Wildman–Crippen LogP) is -1.14. The first-order chi connectivity index (χ1) is 19.0. The molecule has 0 aromatic heterocycles. The van der Waals surface area contributed by atoms with E-state index in [9.17, 15) is 15.3 Å². The Labute approximate surface area is 234 Å². The molecule has 0 bridgehead atoms. The van der Waals surface area contributed by atoms with E-state index in [1.807, 2.05) is 4.90 Å². The molecule has 3 unspecified atom stereocenters. The Hall–Kier alpha value is -0.480. The Bertz CT molecular complexity index is 585. The maximum Gasteiger partial charge on any atom is 0.109 e. The predicted molar refractivity (Wildman–Crippen MR) is 145 cm³/mol. The highest BCUT2D eigenvalue weighted by molar-refractivity contribution is 4.79. The second-order valence-electron chi connectivity index (χ2n) is 11.0. The molecule has 3 fully saturated rings. The zero-order valence-electron chi connectivity index (χ0n) is 23.9. The largest absolute Gasteiger partial charge is 0.389 e. The molecule has 3 heterocycles. The number of rotatable bonds is 19. The highest BCUT2D eigenvalue weighted by Crippen LogP contribution is 2.25. The second kappa shape index (κ2) is 18.9. The molecule has 12 nitrogen and oxygen atoms in total. The van der Waals surface area contributed by atoms with Gasteiger partial charge in [0.2, 0.25) is 0 Å². The summed E-state index contributed by atoms with van der Waals surface area (Å²) in [5.74, 6) is 0. The molecule has 3 saturated heterocycles. The van der Waals surface area contributed by atoms with E-state index in [4.69, 9.17) is 28.4 Å². The Morgan fingerprint density at radius 2 is 1.10 bits per heavy atom. The summed E-state index contributed by atoms with van der Waals surface area (Å²) in [5, 5.41) is 31.5. The lowest BCUT2D eigenvalue weighted by molar-refractivity contribution is -0.106. The molecule has 230 valence electrons. The van der Waals surface area contributed by atoms with Crippen molar-refractivity contribution >= 4 is 0 Å². The summed E-state index contributed by atoms with van der Waals surface area (Å²) < 4.78 is 34.2. The lowest BCUT2D eigenvalue weighted by atomic mass is 9.88. The number of nitrogens with zero attached hydrogens (tertiary/aromatic N) is 3. The summed E-state index contributed by atoms with van der Waals surface area (Å²) in [6.45, 7) is 14.0. The molecular weight excluding hydrogens is 510 g/mol. The second-order valence-corrected chi connectivity index (χ2v) is 11.0. The Kier molecular flexibility index (Phi) is 16.0. The molecule has 3 rings (SSSR count). The van der Waals surface area contributed by atoms with Crippen LogP contribution >= 0.6 is 0 Å². The molecule has 0 aromatic carbocycles. The highest BCUT2D eigenvalue weighted by atomic mass is 16.5. The van der Waals surface area contributed by atoms with Gasteiger partial charge in [0.25, 0.3) is 0 Å². The van der Waals surface area contributed by atoms with E-state index in [1.165, 1.54) is 0 Å². The fourth-order valence-corrected chi connectivity index (χ4v) is 5.06. The van der Waals surface area contributed by atoms with Crippen LogP contribution in [0.3, 0.4) is 0 Å². The normalized spacial score (nSPS) is 24.3. The van der Waals surface area contributed by atoms with Crippen LogP contribution in [0, 0.1) is 5.41 Å². The van der Waals surface area contributed by atoms with Gasteiger partial charge in [-0.25, -0.2) is 0 Å². The number of aliphatic hydroxyl groups is 3. The van der Waals surface area contributed by atoms with Gasteiger partial charge in [-0.1, -0.05) is 6.92 Å². The third-order valence-electron chi connectivity index (χ3n) is 7.73. The van der Waals surface area contributed by atoms with Crippen LogP contribution in [0.1, 0.15) is 19.8 Å². The summed E-state index contributed by atoms with van der Waals surface area (Å²) >= 11 is 0. The van der Waals surface area contributed by atoms with Crippen molar-refractivity contribution in [1.82, 2.24) is 14.7 Å². The van der Waals surface area contributed by atoms with Gasteiger partial charge >= 0.3 is 0 Å². The van der Waals surface area contributed by atoms with Crippen molar-refractivity contribution in [1.29, 1.82) is 0 Å². The topological polar surface area (TPSA) is 126 Å². The number of ether oxygens (including phenoxy) is 6. The van der Waals surface area contributed by atoms with Crippen LogP contribution in [0.4, 0.5) is 0 Å². The number of β-amino-alcohol motifs (C(OH)–C–C–N with tert-alkyl or cyclic N) is 2. The minimum atomic E-state index is -0.585. The number of aliphatic hydroxyl groups excluding tert-OH is 3. The van der Waals surface area contributed by atoms with Crippen molar-refractivity contribution in [3.8, 4) is 0 Å². The molecule has 0 aromatic rings. The minimum Gasteiger partial charge on any atom is -0.389 e. The van der Waals surface area contributed by atoms with Crippen LogP contribution in [0.5, 0.6) is 0 Å². The highest BCUT2D eigenvalue weighted by Gasteiger charge is 2.31. The van der Waals surface area contributed by atoms with Crippen LogP contribution in [0.25, 0.3) is 0 Å². The first kappa shape index (κ1) is 33.0. The van der Waals surface area contributed by atoms with Crippen LogP contribution < -0.4 is 0 Å². The van der Waals surface area contributed by atoms with Crippen molar-refractivity contribution in [2.75, 3.05) is 132 Å². The van der Waals surface area contributed by atoms with Gasteiger partial charge in [-0.2, -0.15) is 0 Å². The standard InChI is InChI=1S/C27H53N3O9/c1-2-27(21-37-10-3-26(33)30-8-15-36-16-9-30,22-38-19-24(31)17-28-4-11-34-12-5-28)23-39-20-25(32)18-29-6-13-35-14-7-29/h24-26,31-33H,2-23H2,1H3. The van der Waals surface area contributed by atoms with E-state index < -0.39 is 23.9 Å². The van der Waals surface area contributed by atoms with E-state index in [1.54, 1.807) is 0 Å².